The van der Waals surface area contributed by atoms with Crippen LogP contribution in [0.2, 0.25) is 0 Å². The fraction of sp³-hybridized carbons (Fsp3) is 0.571. The third kappa shape index (κ3) is 5.28. The van der Waals surface area contributed by atoms with Gasteiger partial charge in [0, 0.05) is 20.2 Å². The highest BCUT2D eigenvalue weighted by atomic mass is 32.2. The van der Waals surface area contributed by atoms with Gasteiger partial charge >= 0.3 is 0 Å². The van der Waals surface area contributed by atoms with E-state index in [9.17, 15) is 8.42 Å². The molecule has 0 aromatic heterocycles. The molecule has 0 aliphatic carbocycles. The topological polar surface area (TPSA) is 76.1 Å². The summed E-state index contributed by atoms with van der Waals surface area (Å²) in [6.07, 6.45) is 0.890. The van der Waals surface area contributed by atoms with Crippen LogP contribution in [0.25, 0.3) is 0 Å². The first-order valence-electron chi connectivity index (χ1n) is 6.89. The van der Waals surface area contributed by atoms with Crippen molar-refractivity contribution in [2.75, 3.05) is 40.0 Å². The van der Waals surface area contributed by atoms with Crippen LogP contribution in [0.3, 0.4) is 0 Å². The molecule has 0 amide bonds. The van der Waals surface area contributed by atoms with Gasteiger partial charge in [-0.15, -0.1) is 0 Å². The highest BCUT2D eigenvalue weighted by Crippen LogP contribution is 2.19. The van der Waals surface area contributed by atoms with Gasteiger partial charge in [-0.1, -0.05) is 6.92 Å². The molecule has 1 aromatic rings. The lowest BCUT2D eigenvalue weighted by molar-refractivity contribution is 0.168. The number of ether oxygens (including phenoxy) is 2. The van der Waals surface area contributed by atoms with E-state index in [1.807, 2.05) is 6.92 Å². The van der Waals surface area contributed by atoms with Crippen molar-refractivity contribution in [2.45, 2.75) is 18.2 Å². The van der Waals surface area contributed by atoms with Crippen molar-refractivity contribution in [3.63, 3.8) is 0 Å². The molecule has 120 valence electrons. The molecule has 21 heavy (non-hydrogen) atoms. The molecular formula is C14H23NO5S. The van der Waals surface area contributed by atoms with Crippen LogP contribution in [0.15, 0.2) is 29.2 Å². The summed E-state index contributed by atoms with van der Waals surface area (Å²) < 4.78 is 36.5. The molecule has 1 rings (SSSR count). The van der Waals surface area contributed by atoms with E-state index in [0.717, 1.165) is 6.42 Å². The number of rotatable bonds is 10. The van der Waals surface area contributed by atoms with E-state index >= 15 is 0 Å². The van der Waals surface area contributed by atoms with Crippen LogP contribution in [-0.4, -0.2) is 57.8 Å². The van der Waals surface area contributed by atoms with E-state index in [2.05, 4.69) is 0 Å². The Bertz CT molecular complexity index is 501. The standard InChI is InChI=1S/C14H23NO5S/c1-3-11-20-13-4-6-14(7-5-13)21(17,18)15(8-10-16)9-12-19-2/h4-7,16H,3,8-12H2,1-2H3. The monoisotopic (exact) mass is 317 g/mol. The molecular weight excluding hydrogens is 294 g/mol. The van der Waals surface area contributed by atoms with Crippen LogP contribution in [0, 0.1) is 0 Å². The second-order valence-electron chi connectivity index (χ2n) is 4.44. The lowest BCUT2D eigenvalue weighted by atomic mass is 10.3. The van der Waals surface area contributed by atoms with Crippen LogP contribution in [0.4, 0.5) is 0 Å². The summed E-state index contributed by atoms with van der Waals surface area (Å²) in [6, 6.07) is 6.29. The number of sulfonamides is 1. The Morgan fingerprint density at radius 3 is 2.33 bits per heavy atom. The van der Waals surface area contributed by atoms with Crippen molar-refractivity contribution in [2.24, 2.45) is 0 Å². The molecule has 0 saturated heterocycles. The Morgan fingerprint density at radius 2 is 1.81 bits per heavy atom. The van der Waals surface area contributed by atoms with E-state index in [-0.39, 0.29) is 31.2 Å². The number of methoxy groups -OCH3 is 1. The summed E-state index contributed by atoms with van der Waals surface area (Å²) in [5, 5.41) is 9.02. The molecule has 0 bridgehead atoms. The second-order valence-corrected chi connectivity index (χ2v) is 6.38. The Labute approximate surface area is 126 Å². The third-order valence-corrected chi connectivity index (χ3v) is 4.74. The Hall–Kier alpha value is -1.15. The zero-order chi connectivity index (χ0) is 15.7. The van der Waals surface area contributed by atoms with E-state index in [1.165, 1.54) is 23.5 Å². The zero-order valence-electron chi connectivity index (χ0n) is 12.5. The minimum absolute atomic E-state index is 0.0414. The maximum atomic E-state index is 12.5. The van der Waals surface area contributed by atoms with E-state index < -0.39 is 10.0 Å². The summed E-state index contributed by atoms with van der Waals surface area (Å²) in [6.45, 7) is 2.88. The molecule has 0 heterocycles. The number of benzene rings is 1. The number of nitrogens with zero attached hydrogens (tertiary/aromatic N) is 1. The van der Waals surface area contributed by atoms with Crippen LogP contribution in [0.1, 0.15) is 13.3 Å². The molecule has 0 atom stereocenters. The van der Waals surface area contributed by atoms with Crippen molar-refractivity contribution in [1.82, 2.24) is 4.31 Å². The van der Waals surface area contributed by atoms with Gasteiger partial charge in [0.15, 0.2) is 0 Å². The van der Waals surface area contributed by atoms with E-state index in [0.29, 0.717) is 12.4 Å². The molecule has 0 spiro atoms. The first-order chi connectivity index (χ1) is 10.1. The van der Waals surface area contributed by atoms with Gasteiger partial charge in [-0.05, 0) is 30.7 Å². The molecule has 0 unspecified atom stereocenters. The van der Waals surface area contributed by atoms with Gasteiger partial charge in [0.1, 0.15) is 5.75 Å². The molecule has 0 aliphatic rings. The maximum absolute atomic E-state index is 12.5. The van der Waals surface area contributed by atoms with Crippen molar-refractivity contribution >= 4 is 10.0 Å². The molecule has 1 N–H and O–H groups in total. The molecule has 6 nitrogen and oxygen atoms in total. The van der Waals surface area contributed by atoms with Gasteiger partial charge in [0.05, 0.1) is 24.7 Å². The summed E-state index contributed by atoms with van der Waals surface area (Å²) in [5.74, 6) is 0.640. The fourth-order valence-electron chi connectivity index (χ4n) is 1.73. The predicted octanol–water partition coefficient (Wildman–Crippen LogP) is 1.10. The second kappa shape index (κ2) is 8.99. The first kappa shape index (κ1) is 17.9. The Balaban J connectivity index is 2.88. The van der Waals surface area contributed by atoms with Crippen LogP contribution < -0.4 is 4.74 Å². The van der Waals surface area contributed by atoms with Crippen molar-refractivity contribution in [3.8, 4) is 5.75 Å². The van der Waals surface area contributed by atoms with Gasteiger partial charge in [0.25, 0.3) is 0 Å². The highest BCUT2D eigenvalue weighted by molar-refractivity contribution is 7.89. The number of aliphatic hydroxyl groups is 1. The van der Waals surface area contributed by atoms with Crippen molar-refractivity contribution < 1.29 is 23.0 Å². The molecule has 0 saturated carbocycles. The van der Waals surface area contributed by atoms with Crippen molar-refractivity contribution in [3.05, 3.63) is 24.3 Å². The fourth-order valence-corrected chi connectivity index (χ4v) is 3.15. The molecule has 0 radical (unpaired) electrons. The number of hydrogen-bond donors (Lipinski definition) is 1. The average molecular weight is 317 g/mol. The molecule has 7 heteroatoms. The minimum atomic E-state index is -3.63. The van der Waals surface area contributed by atoms with Gasteiger partial charge in [-0.2, -0.15) is 4.31 Å². The SMILES string of the molecule is CCCOc1ccc(S(=O)(=O)N(CCO)CCOC)cc1. The summed E-state index contributed by atoms with van der Waals surface area (Å²) in [4.78, 5) is 0.177. The van der Waals surface area contributed by atoms with Gasteiger partial charge < -0.3 is 14.6 Å². The maximum Gasteiger partial charge on any atom is 0.243 e. The van der Waals surface area contributed by atoms with E-state index in [1.54, 1.807) is 12.1 Å². The Kier molecular flexibility index (Phi) is 7.66. The molecule has 0 fully saturated rings. The zero-order valence-corrected chi connectivity index (χ0v) is 13.3. The number of aliphatic hydroxyl groups excluding tert-OH is 1. The van der Waals surface area contributed by atoms with E-state index in [4.69, 9.17) is 14.6 Å². The predicted molar refractivity (Wildman–Crippen MR) is 79.9 cm³/mol. The lowest BCUT2D eigenvalue weighted by Gasteiger charge is -2.21. The number of hydrogen-bond acceptors (Lipinski definition) is 5. The van der Waals surface area contributed by atoms with Gasteiger partial charge in [-0.3, -0.25) is 0 Å². The quantitative estimate of drug-likeness (QED) is 0.699. The Morgan fingerprint density at radius 1 is 1.14 bits per heavy atom. The summed E-state index contributed by atoms with van der Waals surface area (Å²) in [7, 11) is -2.13. The smallest absolute Gasteiger partial charge is 0.243 e. The van der Waals surface area contributed by atoms with Crippen LogP contribution >= 0.6 is 0 Å². The summed E-state index contributed by atoms with van der Waals surface area (Å²) >= 11 is 0. The van der Waals surface area contributed by atoms with Crippen molar-refractivity contribution in [1.29, 1.82) is 0 Å². The average Bonchev–Trinajstić information content (AvgIpc) is 2.49. The minimum Gasteiger partial charge on any atom is -0.494 e. The highest BCUT2D eigenvalue weighted by Gasteiger charge is 2.23. The lowest BCUT2D eigenvalue weighted by Crippen LogP contribution is -2.36. The normalized spacial score (nSPS) is 11.8. The van der Waals surface area contributed by atoms with Crippen LogP contribution in [0.5, 0.6) is 5.75 Å². The summed E-state index contributed by atoms with van der Waals surface area (Å²) in [5.41, 5.74) is 0. The van der Waals surface area contributed by atoms with Gasteiger partial charge in [0.2, 0.25) is 10.0 Å². The first-order valence-corrected chi connectivity index (χ1v) is 8.33. The molecule has 1 aromatic carbocycles. The molecule has 0 aliphatic heterocycles. The largest absolute Gasteiger partial charge is 0.494 e. The third-order valence-electron chi connectivity index (χ3n) is 2.83. The van der Waals surface area contributed by atoms with Gasteiger partial charge in [-0.25, -0.2) is 8.42 Å². The van der Waals surface area contributed by atoms with Crippen LogP contribution in [-0.2, 0) is 14.8 Å².